The fraction of sp³-hybridized carbons (Fsp3) is 0.630. The number of guanidine groups is 1. The van der Waals surface area contributed by atoms with Gasteiger partial charge >= 0.3 is 0 Å². The van der Waals surface area contributed by atoms with Gasteiger partial charge in [0.15, 0.2) is 5.96 Å². The molecule has 0 aromatic carbocycles. The summed E-state index contributed by atoms with van der Waals surface area (Å²) in [4.78, 5) is 65.7. The van der Waals surface area contributed by atoms with Crippen LogP contribution in [-0.4, -0.2) is 79.3 Å². The molecule has 1 aliphatic heterocycles. The first-order valence-electron chi connectivity index (χ1n) is 14.2. The summed E-state index contributed by atoms with van der Waals surface area (Å²) in [6, 6.07) is -3.89. The summed E-state index contributed by atoms with van der Waals surface area (Å²) in [6.07, 6.45) is 9.91. The Hall–Kier alpha value is -3.94. The third kappa shape index (κ3) is 12.0. The van der Waals surface area contributed by atoms with E-state index in [4.69, 9.17) is 16.9 Å². The normalized spacial score (nSPS) is 24.4. The number of unbranched alkanes of at least 4 members (excludes halogenated alkanes) is 1. The van der Waals surface area contributed by atoms with E-state index < -0.39 is 60.2 Å². The molecule has 0 radical (unpaired) electrons. The molecule has 1 heterocycles. The highest BCUT2D eigenvalue weighted by molar-refractivity contribution is 5.97. The van der Waals surface area contributed by atoms with Crippen molar-refractivity contribution in [2.45, 2.75) is 88.9 Å². The first-order chi connectivity index (χ1) is 19.6. The van der Waals surface area contributed by atoms with Crippen molar-refractivity contribution in [3.05, 3.63) is 23.8 Å². The minimum atomic E-state index is -1.01. The molecule has 0 bridgehead atoms. The van der Waals surface area contributed by atoms with E-state index in [1.165, 1.54) is 0 Å². The minimum Gasteiger partial charge on any atom is -0.370 e. The predicted octanol–water partition coefficient (Wildman–Crippen LogP) is -1.48. The Balaban J connectivity index is 2.36. The molecule has 0 aromatic heterocycles. The fourth-order valence-electron chi connectivity index (χ4n) is 4.56. The maximum absolute atomic E-state index is 13.6. The third-order valence-corrected chi connectivity index (χ3v) is 6.88. The number of hydrogen-bond acceptors (Lipinski definition) is 7. The molecule has 4 atom stereocenters. The standard InChI is InChI=1S/C27H45N9O5/c1-2-18-24(39)36-21(15-17-9-4-3-5-10-17)26(41)35-20(11-6-7-13-28)25(40)34-19(12-8-14-31-27(29)30)23(38)32-16-22(37)33-18/h3-4,9,18-21H,2,5-8,10-16,28H2,1H3,(H,32,38)(H,33,37)(H,34,40)(H,35,41)(H,36,39)(H4,29,30,31)/t18-,19?,20+,21+/m1/s1. The van der Waals surface area contributed by atoms with E-state index in [1.54, 1.807) is 6.92 Å². The summed E-state index contributed by atoms with van der Waals surface area (Å²) in [6.45, 7) is 2.03. The van der Waals surface area contributed by atoms with Crippen LogP contribution >= 0.6 is 0 Å². The lowest BCUT2D eigenvalue weighted by atomic mass is 9.96. The van der Waals surface area contributed by atoms with Gasteiger partial charge in [-0.2, -0.15) is 0 Å². The maximum Gasteiger partial charge on any atom is 0.243 e. The van der Waals surface area contributed by atoms with E-state index in [1.807, 2.05) is 18.2 Å². The predicted molar refractivity (Wildman–Crippen MR) is 154 cm³/mol. The molecule has 1 fully saturated rings. The van der Waals surface area contributed by atoms with Crippen LogP contribution in [0.25, 0.3) is 0 Å². The number of amides is 5. The largest absolute Gasteiger partial charge is 0.370 e. The van der Waals surface area contributed by atoms with Gasteiger partial charge in [0.1, 0.15) is 24.2 Å². The van der Waals surface area contributed by atoms with Crippen LogP contribution in [0.1, 0.15) is 64.7 Å². The zero-order valence-corrected chi connectivity index (χ0v) is 23.7. The van der Waals surface area contributed by atoms with E-state index in [-0.39, 0.29) is 31.6 Å². The van der Waals surface area contributed by atoms with Gasteiger partial charge in [-0.25, -0.2) is 0 Å². The van der Waals surface area contributed by atoms with Crippen LogP contribution in [0.3, 0.4) is 0 Å². The highest BCUT2D eigenvalue weighted by Gasteiger charge is 2.32. The smallest absolute Gasteiger partial charge is 0.243 e. The van der Waals surface area contributed by atoms with Crippen molar-refractivity contribution in [1.29, 1.82) is 5.41 Å². The molecular formula is C27H45N9O5. The van der Waals surface area contributed by atoms with Crippen LogP contribution in [0.2, 0.25) is 0 Å². The zero-order valence-electron chi connectivity index (χ0n) is 23.7. The Kier molecular flexibility index (Phi) is 14.4. The van der Waals surface area contributed by atoms with Crippen LogP contribution in [-0.2, 0) is 24.0 Å². The van der Waals surface area contributed by atoms with Gasteiger partial charge < -0.3 is 43.4 Å². The highest BCUT2D eigenvalue weighted by atomic mass is 16.2. The van der Waals surface area contributed by atoms with Gasteiger partial charge in [0.05, 0.1) is 6.54 Å². The second-order valence-corrected chi connectivity index (χ2v) is 10.2. The van der Waals surface area contributed by atoms with Crippen molar-refractivity contribution in [2.75, 3.05) is 19.6 Å². The van der Waals surface area contributed by atoms with Crippen molar-refractivity contribution in [2.24, 2.45) is 11.5 Å². The Bertz CT molecular complexity index is 1010. The Morgan fingerprint density at radius 3 is 2.17 bits per heavy atom. The van der Waals surface area contributed by atoms with Crippen molar-refractivity contribution in [3.8, 4) is 0 Å². The molecule has 11 N–H and O–H groups in total. The van der Waals surface area contributed by atoms with Crippen LogP contribution in [0.4, 0.5) is 0 Å². The van der Waals surface area contributed by atoms with E-state index in [9.17, 15) is 24.0 Å². The quantitative estimate of drug-likeness (QED) is 0.0799. The Morgan fingerprint density at radius 2 is 1.54 bits per heavy atom. The van der Waals surface area contributed by atoms with E-state index >= 15 is 0 Å². The van der Waals surface area contributed by atoms with Gasteiger partial charge in [-0.15, -0.1) is 0 Å². The maximum atomic E-state index is 13.6. The topological polar surface area (TPSA) is 233 Å². The second-order valence-electron chi connectivity index (χ2n) is 10.2. The lowest BCUT2D eigenvalue weighted by Crippen LogP contribution is -2.57. The van der Waals surface area contributed by atoms with Crippen LogP contribution in [0, 0.1) is 5.41 Å². The van der Waals surface area contributed by atoms with Crippen LogP contribution in [0.15, 0.2) is 23.8 Å². The molecule has 1 unspecified atom stereocenters. The number of nitrogens with two attached hydrogens (primary N) is 2. The van der Waals surface area contributed by atoms with Crippen molar-refractivity contribution < 1.29 is 24.0 Å². The van der Waals surface area contributed by atoms with Crippen LogP contribution < -0.4 is 43.4 Å². The number of carbonyl (C=O) groups is 5. The molecule has 0 spiro atoms. The number of nitrogens with one attached hydrogen (secondary N) is 7. The van der Waals surface area contributed by atoms with Gasteiger partial charge in [0, 0.05) is 6.54 Å². The van der Waals surface area contributed by atoms with Gasteiger partial charge in [-0.3, -0.25) is 29.4 Å². The Morgan fingerprint density at radius 1 is 0.902 bits per heavy atom. The summed E-state index contributed by atoms with van der Waals surface area (Å²) >= 11 is 0. The van der Waals surface area contributed by atoms with E-state index in [0.717, 1.165) is 18.4 Å². The number of rotatable bonds is 11. The van der Waals surface area contributed by atoms with Gasteiger partial charge in [-0.1, -0.05) is 30.7 Å². The van der Waals surface area contributed by atoms with Crippen molar-refractivity contribution in [3.63, 3.8) is 0 Å². The lowest BCUT2D eigenvalue weighted by Gasteiger charge is -2.26. The molecule has 2 rings (SSSR count). The van der Waals surface area contributed by atoms with Crippen LogP contribution in [0.5, 0.6) is 0 Å². The molecule has 0 aromatic rings. The summed E-state index contributed by atoms with van der Waals surface area (Å²) in [7, 11) is 0. The molecule has 5 amide bonds. The minimum absolute atomic E-state index is 0.185. The van der Waals surface area contributed by atoms with Crippen molar-refractivity contribution in [1.82, 2.24) is 31.9 Å². The summed E-state index contributed by atoms with van der Waals surface area (Å²) in [5, 5.41) is 23.3. The highest BCUT2D eigenvalue weighted by Crippen LogP contribution is 2.18. The van der Waals surface area contributed by atoms with E-state index in [0.29, 0.717) is 32.4 Å². The fourth-order valence-corrected chi connectivity index (χ4v) is 4.56. The first kappa shape index (κ1) is 33.3. The molecule has 228 valence electrons. The molecule has 14 nitrogen and oxygen atoms in total. The summed E-state index contributed by atoms with van der Waals surface area (Å²) < 4.78 is 0. The molecule has 41 heavy (non-hydrogen) atoms. The number of allylic oxidation sites excluding steroid dienone is 3. The summed E-state index contributed by atoms with van der Waals surface area (Å²) in [5.41, 5.74) is 11.9. The monoisotopic (exact) mass is 575 g/mol. The summed E-state index contributed by atoms with van der Waals surface area (Å²) in [5.74, 6) is -3.03. The lowest BCUT2D eigenvalue weighted by molar-refractivity contribution is -0.134. The average Bonchev–Trinajstić information content (AvgIpc) is 2.95. The SMILES string of the molecule is CC[C@H]1NC(=O)CNC(=O)C(CCCNC(=N)N)NC(=O)[C@H](CCCCN)NC(=O)[C@H](CC2=CC=CCC2)NC1=O. The molecule has 2 aliphatic rings. The Labute approximate surface area is 240 Å². The van der Waals surface area contributed by atoms with E-state index in [2.05, 4.69) is 31.9 Å². The molecule has 1 aliphatic carbocycles. The van der Waals surface area contributed by atoms with Gasteiger partial charge in [0.2, 0.25) is 29.5 Å². The third-order valence-electron chi connectivity index (χ3n) is 6.88. The number of hydrogen-bond donors (Lipinski definition) is 9. The van der Waals surface area contributed by atoms with Gasteiger partial charge in [-0.05, 0) is 64.3 Å². The second kappa shape index (κ2) is 17.7. The zero-order chi connectivity index (χ0) is 30.2. The molecule has 14 heteroatoms. The van der Waals surface area contributed by atoms with Crippen molar-refractivity contribution >= 4 is 35.5 Å². The first-order valence-corrected chi connectivity index (χ1v) is 14.2. The molecular weight excluding hydrogens is 530 g/mol. The molecule has 0 saturated carbocycles. The molecule has 1 saturated heterocycles. The number of carbonyl (C=O) groups excluding carboxylic acids is 5. The van der Waals surface area contributed by atoms with Gasteiger partial charge in [0.25, 0.3) is 0 Å². The average molecular weight is 576 g/mol.